The van der Waals surface area contributed by atoms with Crippen LogP contribution in [0.25, 0.3) is 0 Å². The van der Waals surface area contributed by atoms with Crippen molar-refractivity contribution in [3.05, 3.63) is 43.6 Å². The van der Waals surface area contributed by atoms with Gasteiger partial charge in [0, 0.05) is 5.56 Å². The van der Waals surface area contributed by atoms with Gasteiger partial charge in [-0.05, 0) is 55.2 Å². The van der Waals surface area contributed by atoms with E-state index in [-0.39, 0.29) is 28.9 Å². The van der Waals surface area contributed by atoms with Gasteiger partial charge in [0.05, 0.1) is 14.9 Å². The quantitative estimate of drug-likeness (QED) is 0.303. The van der Waals surface area contributed by atoms with Gasteiger partial charge in [-0.3, -0.25) is 4.79 Å². The molecule has 26 heavy (non-hydrogen) atoms. The van der Waals surface area contributed by atoms with Gasteiger partial charge in [-0.15, -0.1) is 6.42 Å². The van der Waals surface area contributed by atoms with E-state index in [0.717, 1.165) is 0 Å². The highest BCUT2D eigenvalue weighted by molar-refractivity contribution is 9.28. The molecule has 1 saturated carbocycles. The van der Waals surface area contributed by atoms with Crippen LogP contribution >= 0.6 is 31.9 Å². The number of esters is 1. The molecule has 0 N–H and O–H groups in total. The van der Waals surface area contributed by atoms with Crippen LogP contribution in [0.3, 0.4) is 0 Å². The Kier molecular flexibility index (Phi) is 6.29. The Labute approximate surface area is 167 Å². The van der Waals surface area contributed by atoms with Crippen LogP contribution in [0, 0.1) is 47.0 Å². The number of hydrogen-bond acceptors (Lipinski definition) is 2. The van der Waals surface area contributed by atoms with Crippen LogP contribution in [0.15, 0.2) is 9.47 Å². The molecule has 0 unspecified atom stereocenters. The van der Waals surface area contributed by atoms with E-state index in [9.17, 15) is 18.0 Å². The van der Waals surface area contributed by atoms with Gasteiger partial charge < -0.3 is 4.74 Å². The fourth-order valence-corrected chi connectivity index (χ4v) is 3.78. The molecular formula is C19H17Br2F3O2. The number of halogens is 5. The van der Waals surface area contributed by atoms with E-state index < -0.39 is 41.5 Å². The fourth-order valence-electron chi connectivity index (χ4n) is 3.21. The number of allylic oxidation sites excluding steroid dienone is 1. The maximum Gasteiger partial charge on any atom is 0.310 e. The molecule has 2 rings (SSSR count). The predicted molar refractivity (Wildman–Crippen MR) is 100 cm³/mol. The molecule has 0 aliphatic heterocycles. The normalized spacial score (nSPS) is 20.3. The second kappa shape index (κ2) is 7.77. The summed E-state index contributed by atoms with van der Waals surface area (Å²) in [5.74, 6) is -2.90. The Bertz CT molecular complexity index is 821. The minimum Gasteiger partial charge on any atom is -0.460 e. The topological polar surface area (TPSA) is 26.3 Å². The summed E-state index contributed by atoms with van der Waals surface area (Å²) in [6, 6.07) is 0. The molecule has 2 atom stereocenters. The van der Waals surface area contributed by atoms with Gasteiger partial charge in [0.1, 0.15) is 12.4 Å². The van der Waals surface area contributed by atoms with Crippen molar-refractivity contribution >= 4 is 37.8 Å². The Balaban J connectivity index is 2.25. The summed E-state index contributed by atoms with van der Waals surface area (Å²) in [4.78, 5) is 12.4. The largest absolute Gasteiger partial charge is 0.460 e. The molecule has 0 amide bonds. The number of benzene rings is 1. The van der Waals surface area contributed by atoms with Crippen molar-refractivity contribution in [2.75, 3.05) is 0 Å². The van der Waals surface area contributed by atoms with Crippen molar-refractivity contribution < 1.29 is 22.7 Å². The standard InChI is InChI=1S/C19H17Br2F3O2/c1-5-9-11(17(24)16(23)10(6-2)15(9)22)8-26-18(25)14-12(7-13(20)21)19(14,3)4/h2,7,12,14H,5,8H2,1,3-4H3/t12-,14-/m0/s1. The monoisotopic (exact) mass is 492 g/mol. The lowest BCUT2D eigenvalue weighted by atomic mass is 10.00. The minimum absolute atomic E-state index is 0.0588. The molecule has 1 aliphatic carbocycles. The van der Waals surface area contributed by atoms with Crippen molar-refractivity contribution in [1.29, 1.82) is 0 Å². The molecule has 0 saturated heterocycles. The molecule has 0 heterocycles. The van der Waals surface area contributed by atoms with Crippen LogP contribution in [-0.4, -0.2) is 5.97 Å². The van der Waals surface area contributed by atoms with Crippen molar-refractivity contribution in [2.24, 2.45) is 17.3 Å². The third kappa shape index (κ3) is 3.72. The maximum absolute atomic E-state index is 14.3. The molecule has 0 aromatic heterocycles. The lowest BCUT2D eigenvalue weighted by Crippen LogP contribution is -2.14. The minimum atomic E-state index is -1.44. The highest BCUT2D eigenvalue weighted by Gasteiger charge is 2.61. The van der Waals surface area contributed by atoms with Crippen LogP contribution in [0.4, 0.5) is 13.2 Å². The molecule has 140 valence electrons. The highest BCUT2D eigenvalue weighted by Crippen LogP contribution is 2.60. The van der Waals surface area contributed by atoms with Gasteiger partial charge in [-0.2, -0.15) is 0 Å². The Hall–Kier alpha value is -1.26. The first-order valence-corrected chi connectivity index (χ1v) is 9.50. The van der Waals surface area contributed by atoms with E-state index >= 15 is 0 Å². The number of terminal acetylenes is 1. The fraction of sp³-hybridized carbons (Fsp3) is 0.421. The number of ether oxygens (including phenoxy) is 1. The molecule has 1 aromatic rings. The highest BCUT2D eigenvalue weighted by atomic mass is 79.9. The summed E-state index contributed by atoms with van der Waals surface area (Å²) in [5, 5.41) is 0. The van der Waals surface area contributed by atoms with Crippen LogP contribution in [0.1, 0.15) is 37.5 Å². The van der Waals surface area contributed by atoms with E-state index in [1.807, 2.05) is 25.8 Å². The van der Waals surface area contributed by atoms with Gasteiger partial charge >= 0.3 is 5.97 Å². The zero-order chi connectivity index (χ0) is 19.8. The van der Waals surface area contributed by atoms with Gasteiger partial charge in [0.15, 0.2) is 11.6 Å². The average molecular weight is 494 g/mol. The average Bonchev–Trinajstić information content (AvgIpc) is 3.09. The lowest BCUT2D eigenvalue weighted by Gasteiger charge is -2.14. The SMILES string of the molecule is C#Cc1c(F)c(F)c(COC(=O)[C@@H]2[C@H](C=C(Br)Br)C2(C)C)c(CC)c1F. The van der Waals surface area contributed by atoms with Crippen molar-refractivity contribution in [3.63, 3.8) is 0 Å². The molecule has 1 fully saturated rings. The van der Waals surface area contributed by atoms with Crippen LogP contribution in [0.5, 0.6) is 0 Å². The first-order valence-electron chi connectivity index (χ1n) is 7.92. The van der Waals surface area contributed by atoms with Crippen molar-refractivity contribution in [2.45, 2.75) is 33.8 Å². The number of carbonyl (C=O) groups is 1. The summed E-state index contributed by atoms with van der Waals surface area (Å²) >= 11 is 6.51. The number of carbonyl (C=O) groups excluding carboxylic acids is 1. The second-order valence-electron chi connectivity index (χ2n) is 6.66. The summed E-state index contributed by atoms with van der Waals surface area (Å²) in [5.41, 5.74) is -1.47. The third-order valence-electron chi connectivity index (χ3n) is 4.85. The van der Waals surface area contributed by atoms with Gasteiger partial charge in [0.25, 0.3) is 0 Å². The molecule has 7 heteroatoms. The third-order valence-corrected chi connectivity index (χ3v) is 5.38. The van der Waals surface area contributed by atoms with E-state index in [4.69, 9.17) is 11.2 Å². The predicted octanol–water partition coefficient (Wildman–Crippen LogP) is 5.59. The Morgan fingerprint density at radius 3 is 2.35 bits per heavy atom. The molecule has 1 aromatic carbocycles. The van der Waals surface area contributed by atoms with E-state index in [2.05, 4.69) is 31.9 Å². The summed E-state index contributed by atoms with van der Waals surface area (Å²) in [7, 11) is 0. The first kappa shape index (κ1) is 21.0. The second-order valence-corrected chi connectivity index (χ2v) is 9.43. The Morgan fingerprint density at radius 2 is 1.85 bits per heavy atom. The summed E-state index contributed by atoms with van der Waals surface area (Å²) in [6.07, 6.45) is 6.98. The van der Waals surface area contributed by atoms with Crippen LogP contribution in [0.2, 0.25) is 0 Å². The van der Waals surface area contributed by atoms with Crippen molar-refractivity contribution in [1.82, 2.24) is 0 Å². The molecule has 2 nitrogen and oxygen atoms in total. The summed E-state index contributed by atoms with van der Waals surface area (Å²) in [6.45, 7) is 4.84. The van der Waals surface area contributed by atoms with Crippen LogP contribution < -0.4 is 0 Å². The molecule has 0 radical (unpaired) electrons. The van der Waals surface area contributed by atoms with E-state index in [1.54, 1.807) is 6.92 Å². The molecule has 0 bridgehead atoms. The zero-order valence-electron chi connectivity index (χ0n) is 14.4. The zero-order valence-corrected chi connectivity index (χ0v) is 17.6. The van der Waals surface area contributed by atoms with Gasteiger partial charge in [-0.1, -0.05) is 32.8 Å². The van der Waals surface area contributed by atoms with Gasteiger partial charge in [-0.25, -0.2) is 13.2 Å². The summed E-state index contributed by atoms with van der Waals surface area (Å²) < 4.78 is 48.4. The molecule has 0 spiro atoms. The van der Waals surface area contributed by atoms with Crippen LogP contribution in [-0.2, 0) is 22.6 Å². The van der Waals surface area contributed by atoms with Crippen molar-refractivity contribution in [3.8, 4) is 12.3 Å². The smallest absolute Gasteiger partial charge is 0.310 e. The lowest BCUT2D eigenvalue weighted by molar-refractivity contribution is -0.147. The maximum atomic E-state index is 14.3. The Morgan fingerprint density at radius 1 is 1.23 bits per heavy atom. The van der Waals surface area contributed by atoms with Gasteiger partial charge in [0.2, 0.25) is 0 Å². The number of rotatable bonds is 5. The number of hydrogen-bond donors (Lipinski definition) is 0. The first-order chi connectivity index (χ1) is 12.1. The van der Waals surface area contributed by atoms with E-state index in [1.165, 1.54) is 0 Å². The molecular weight excluding hydrogens is 477 g/mol. The van der Waals surface area contributed by atoms with E-state index in [0.29, 0.717) is 3.39 Å². The molecule has 1 aliphatic rings.